The van der Waals surface area contributed by atoms with Crippen molar-refractivity contribution in [3.05, 3.63) is 40.4 Å². The highest BCUT2D eigenvalue weighted by Gasteiger charge is 2.30. The van der Waals surface area contributed by atoms with Crippen LogP contribution < -0.4 is 21.3 Å². The second-order valence-corrected chi connectivity index (χ2v) is 10.1. The molecule has 2 saturated carbocycles. The van der Waals surface area contributed by atoms with Gasteiger partial charge in [-0.25, -0.2) is 0 Å². The summed E-state index contributed by atoms with van der Waals surface area (Å²) < 4.78 is 4.22. The van der Waals surface area contributed by atoms with Gasteiger partial charge < -0.3 is 16.4 Å². The number of nitrogen functional groups attached to an aromatic ring is 1. The summed E-state index contributed by atoms with van der Waals surface area (Å²) >= 11 is 0.905. The lowest BCUT2D eigenvalue weighted by molar-refractivity contribution is -0.120. The van der Waals surface area contributed by atoms with Crippen LogP contribution in [0.5, 0.6) is 0 Å². The Morgan fingerprint density at radius 2 is 1.62 bits per heavy atom. The van der Waals surface area contributed by atoms with Gasteiger partial charge >= 0.3 is 0 Å². The minimum absolute atomic E-state index is 0.0677. The number of hydrogen-bond donors (Lipinski definition) is 3. The number of nitrogens with one attached hydrogen (secondary N) is 2. The highest BCUT2D eigenvalue weighted by atomic mass is 32.1. The molecule has 3 amide bonds. The summed E-state index contributed by atoms with van der Waals surface area (Å²) in [5, 5.41) is 6.06. The molecule has 0 bridgehead atoms. The van der Waals surface area contributed by atoms with Crippen LogP contribution in [0.2, 0.25) is 0 Å². The lowest BCUT2D eigenvalue weighted by atomic mass is 9.95. The average molecular weight is 484 g/mol. The van der Waals surface area contributed by atoms with Crippen molar-refractivity contribution in [3.63, 3.8) is 0 Å². The quantitative estimate of drug-likeness (QED) is 0.554. The second-order valence-electron chi connectivity index (χ2n) is 9.31. The van der Waals surface area contributed by atoms with Crippen molar-refractivity contribution >= 4 is 40.6 Å². The lowest BCUT2D eigenvalue weighted by Gasteiger charge is -2.24. The van der Waals surface area contributed by atoms with Crippen LogP contribution in [0.4, 0.5) is 11.4 Å². The minimum Gasteiger partial charge on any atom is -0.395 e. The number of carbonyl (C=O) groups is 3. The van der Waals surface area contributed by atoms with Crippen LogP contribution in [0.25, 0.3) is 0 Å². The first-order valence-corrected chi connectivity index (χ1v) is 12.9. The van der Waals surface area contributed by atoms with E-state index in [4.69, 9.17) is 5.73 Å². The molecule has 9 heteroatoms. The molecule has 182 valence electrons. The molecule has 2 aliphatic rings. The topological polar surface area (TPSA) is 117 Å². The zero-order valence-corrected chi connectivity index (χ0v) is 20.5. The molecule has 1 aromatic carbocycles. The number of aryl methyl sites for hydroxylation is 1. The molecular formula is C25H33N5O3S. The number of amides is 3. The van der Waals surface area contributed by atoms with Crippen LogP contribution in [0.1, 0.15) is 83.5 Å². The lowest BCUT2D eigenvalue weighted by Crippen LogP contribution is -2.44. The SMILES string of the molecule is Cc1ccccc1N(CC(=O)NC1CCCC1)C(=O)c1snc(C(=O)NC2CCCCC2)c1N. The summed E-state index contributed by atoms with van der Waals surface area (Å²) in [5.74, 6) is -0.981. The summed E-state index contributed by atoms with van der Waals surface area (Å²) in [6.07, 6.45) is 9.40. The number of nitrogens with two attached hydrogens (primary N) is 1. The van der Waals surface area contributed by atoms with Crippen molar-refractivity contribution in [2.24, 2.45) is 0 Å². The van der Waals surface area contributed by atoms with E-state index in [1.54, 1.807) is 0 Å². The number of carbonyl (C=O) groups excluding carboxylic acids is 3. The van der Waals surface area contributed by atoms with Crippen LogP contribution >= 0.6 is 11.5 Å². The van der Waals surface area contributed by atoms with Crippen molar-refractivity contribution in [3.8, 4) is 0 Å². The third-order valence-corrected chi connectivity index (χ3v) is 7.60. The number of anilines is 2. The number of rotatable bonds is 7. The summed E-state index contributed by atoms with van der Waals surface area (Å²) in [6, 6.07) is 7.69. The third kappa shape index (κ3) is 5.58. The fourth-order valence-corrected chi connectivity index (χ4v) is 5.61. The fourth-order valence-electron chi connectivity index (χ4n) is 4.86. The van der Waals surface area contributed by atoms with Gasteiger partial charge in [-0.3, -0.25) is 19.3 Å². The van der Waals surface area contributed by atoms with Crippen LogP contribution in [0.3, 0.4) is 0 Å². The molecule has 2 fully saturated rings. The summed E-state index contributed by atoms with van der Waals surface area (Å²) in [4.78, 5) is 40.9. The normalized spacial score (nSPS) is 16.9. The second kappa shape index (κ2) is 11.0. The van der Waals surface area contributed by atoms with E-state index >= 15 is 0 Å². The van der Waals surface area contributed by atoms with E-state index in [9.17, 15) is 14.4 Å². The number of benzene rings is 1. The van der Waals surface area contributed by atoms with Crippen LogP contribution in [-0.4, -0.2) is 40.7 Å². The molecule has 4 rings (SSSR count). The van der Waals surface area contributed by atoms with E-state index in [1.807, 2.05) is 31.2 Å². The molecule has 0 atom stereocenters. The van der Waals surface area contributed by atoms with Crippen molar-refractivity contribution < 1.29 is 14.4 Å². The maximum atomic E-state index is 13.6. The van der Waals surface area contributed by atoms with Gasteiger partial charge in [-0.05, 0) is 55.8 Å². The van der Waals surface area contributed by atoms with Gasteiger partial charge in [-0.2, -0.15) is 4.37 Å². The molecule has 0 spiro atoms. The Bertz CT molecular complexity index is 1040. The van der Waals surface area contributed by atoms with Gasteiger partial charge in [0.15, 0.2) is 5.69 Å². The number of aromatic nitrogens is 1. The highest BCUT2D eigenvalue weighted by Crippen LogP contribution is 2.28. The van der Waals surface area contributed by atoms with Crippen LogP contribution in [0, 0.1) is 6.92 Å². The largest absolute Gasteiger partial charge is 0.395 e. The van der Waals surface area contributed by atoms with Gasteiger partial charge in [0.1, 0.15) is 11.4 Å². The van der Waals surface area contributed by atoms with E-state index in [0.29, 0.717) is 5.69 Å². The van der Waals surface area contributed by atoms with Crippen molar-refractivity contribution in [1.82, 2.24) is 15.0 Å². The molecule has 4 N–H and O–H groups in total. The predicted octanol–water partition coefficient (Wildman–Crippen LogP) is 3.80. The van der Waals surface area contributed by atoms with Crippen LogP contribution in [-0.2, 0) is 4.79 Å². The zero-order valence-electron chi connectivity index (χ0n) is 19.6. The smallest absolute Gasteiger partial charge is 0.273 e. The number of hydrogen-bond acceptors (Lipinski definition) is 6. The summed E-state index contributed by atoms with van der Waals surface area (Å²) in [7, 11) is 0. The molecule has 2 aromatic rings. The Morgan fingerprint density at radius 3 is 2.29 bits per heavy atom. The molecule has 0 unspecified atom stereocenters. The number of para-hydroxylation sites is 1. The first kappa shape index (κ1) is 24.2. The van der Waals surface area contributed by atoms with Crippen molar-refractivity contribution in [2.75, 3.05) is 17.2 Å². The molecule has 1 aromatic heterocycles. The van der Waals surface area contributed by atoms with Gasteiger partial charge in [-0.15, -0.1) is 0 Å². The number of nitrogens with zero attached hydrogens (tertiary/aromatic N) is 2. The Hall–Kier alpha value is -2.94. The maximum Gasteiger partial charge on any atom is 0.273 e. The minimum atomic E-state index is -0.428. The first-order valence-electron chi connectivity index (χ1n) is 12.2. The average Bonchev–Trinajstić information content (AvgIpc) is 3.48. The third-order valence-electron chi connectivity index (χ3n) is 6.75. The van der Waals surface area contributed by atoms with Gasteiger partial charge in [0.25, 0.3) is 11.8 Å². The monoisotopic (exact) mass is 483 g/mol. The predicted molar refractivity (Wildman–Crippen MR) is 134 cm³/mol. The molecule has 1 heterocycles. The van der Waals surface area contributed by atoms with E-state index in [2.05, 4.69) is 15.0 Å². The van der Waals surface area contributed by atoms with Crippen molar-refractivity contribution in [1.29, 1.82) is 0 Å². The van der Waals surface area contributed by atoms with E-state index < -0.39 is 5.91 Å². The molecule has 8 nitrogen and oxygen atoms in total. The molecule has 0 saturated heterocycles. The van der Waals surface area contributed by atoms with Gasteiger partial charge in [-0.1, -0.05) is 50.3 Å². The summed E-state index contributed by atoms with van der Waals surface area (Å²) in [6.45, 7) is 1.77. The molecular weight excluding hydrogens is 450 g/mol. The molecule has 34 heavy (non-hydrogen) atoms. The Labute approximate surface area is 204 Å². The van der Waals surface area contributed by atoms with Crippen LogP contribution in [0.15, 0.2) is 24.3 Å². The van der Waals surface area contributed by atoms with E-state index in [0.717, 1.165) is 68.5 Å². The molecule has 2 aliphatic carbocycles. The Balaban J connectivity index is 1.54. The molecule has 0 radical (unpaired) electrons. The Morgan fingerprint density at radius 1 is 1.00 bits per heavy atom. The Kier molecular flexibility index (Phi) is 7.82. The van der Waals surface area contributed by atoms with Gasteiger partial charge in [0.05, 0.1) is 5.69 Å². The summed E-state index contributed by atoms with van der Waals surface area (Å²) in [5.41, 5.74) is 7.91. The van der Waals surface area contributed by atoms with Crippen molar-refractivity contribution in [2.45, 2.75) is 76.8 Å². The zero-order chi connectivity index (χ0) is 24.1. The standard InChI is InChI=1S/C25H33N5O3S/c1-16-9-5-8-14-19(16)30(15-20(31)27-17-12-6-7-13-17)25(33)23-21(26)22(29-34-23)24(32)28-18-10-3-2-4-11-18/h5,8-9,14,17-18H,2-4,6-7,10-13,15,26H2,1H3,(H,27,31)(H,28,32). The first-order chi connectivity index (χ1) is 16.4. The molecule has 0 aliphatic heterocycles. The van der Waals surface area contributed by atoms with Gasteiger partial charge in [0, 0.05) is 17.8 Å². The van der Waals surface area contributed by atoms with E-state index in [1.165, 1.54) is 11.3 Å². The van der Waals surface area contributed by atoms with E-state index in [-0.39, 0.29) is 46.7 Å². The van der Waals surface area contributed by atoms with Gasteiger partial charge in [0.2, 0.25) is 5.91 Å². The fraction of sp³-hybridized carbons (Fsp3) is 0.520. The highest BCUT2D eigenvalue weighted by molar-refractivity contribution is 7.09. The maximum absolute atomic E-state index is 13.6.